The maximum absolute atomic E-state index is 13.9. The molecule has 0 aliphatic carbocycles. The van der Waals surface area contributed by atoms with Crippen molar-refractivity contribution in [2.75, 3.05) is 13.2 Å². The fourth-order valence-electron chi connectivity index (χ4n) is 4.52. The Kier molecular flexibility index (Phi) is 9.41. The van der Waals surface area contributed by atoms with Crippen molar-refractivity contribution in [3.05, 3.63) is 95.1 Å². The minimum Gasteiger partial charge on any atom is -0.486 e. The Labute approximate surface area is 226 Å². The minimum absolute atomic E-state index is 0.0230. The van der Waals surface area contributed by atoms with E-state index in [1.54, 1.807) is 4.90 Å². The number of rotatable bonds is 11. The lowest BCUT2D eigenvalue weighted by Gasteiger charge is -2.32. The fourth-order valence-corrected chi connectivity index (χ4v) is 4.52. The number of carbonyl (C=O) groups is 2. The van der Waals surface area contributed by atoms with Gasteiger partial charge in [-0.3, -0.25) is 9.59 Å². The maximum atomic E-state index is 13.9. The van der Waals surface area contributed by atoms with Gasteiger partial charge in [0.15, 0.2) is 11.5 Å². The molecular formula is C32H38N2O4. The van der Waals surface area contributed by atoms with Gasteiger partial charge in [-0.1, -0.05) is 73.2 Å². The predicted molar refractivity (Wildman–Crippen MR) is 149 cm³/mol. The van der Waals surface area contributed by atoms with Crippen LogP contribution in [0.3, 0.4) is 0 Å². The average molecular weight is 515 g/mol. The van der Waals surface area contributed by atoms with Gasteiger partial charge < -0.3 is 19.7 Å². The molecule has 0 saturated heterocycles. The minimum atomic E-state index is -0.625. The van der Waals surface area contributed by atoms with Crippen LogP contribution in [0.4, 0.5) is 0 Å². The van der Waals surface area contributed by atoms with E-state index in [2.05, 4.69) is 5.32 Å². The van der Waals surface area contributed by atoms with E-state index < -0.39 is 6.04 Å². The largest absolute Gasteiger partial charge is 0.486 e. The van der Waals surface area contributed by atoms with Crippen molar-refractivity contribution in [3.63, 3.8) is 0 Å². The van der Waals surface area contributed by atoms with Crippen molar-refractivity contribution in [2.24, 2.45) is 0 Å². The summed E-state index contributed by atoms with van der Waals surface area (Å²) in [6, 6.07) is 23.3. The molecule has 0 fully saturated rings. The van der Waals surface area contributed by atoms with E-state index in [1.807, 2.05) is 93.6 Å². The number of ether oxygens (including phenoxy) is 2. The normalized spacial score (nSPS) is 13.9. The molecule has 0 bridgehead atoms. The molecule has 1 aliphatic heterocycles. The molecule has 0 spiro atoms. The van der Waals surface area contributed by atoms with E-state index >= 15 is 0 Å². The number of carbonyl (C=O) groups excluding carboxylic acids is 2. The van der Waals surface area contributed by atoms with Crippen LogP contribution < -0.4 is 14.8 Å². The Hall–Kier alpha value is -3.80. The topological polar surface area (TPSA) is 67.9 Å². The van der Waals surface area contributed by atoms with Crippen molar-refractivity contribution in [2.45, 2.75) is 65.1 Å². The Morgan fingerprint density at radius 3 is 2.29 bits per heavy atom. The highest BCUT2D eigenvalue weighted by atomic mass is 16.6. The first-order chi connectivity index (χ1) is 18.4. The van der Waals surface area contributed by atoms with Gasteiger partial charge in [0.2, 0.25) is 11.8 Å². The second-order valence-electron chi connectivity index (χ2n) is 10.0. The number of nitrogens with zero attached hydrogens (tertiary/aromatic N) is 1. The highest BCUT2D eigenvalue weighted by Gasteiger charge is 2.30. The smallest absolute Gasteiger partial charge is 0.243 e. The van der Waals surface area contributed by atoms with Gasteiger partial charge in [-0.05, 0) is 55.5 Å². The van der Waals surface area contributed by atoms with Crippen molar-refractivity contribution in [1.29, 1.82) is 0 Å². The van der Waals surface area contributed by atoms with Crippen LogP contribution in [0.25, 0.3) is 0 Å². The van der Waals surface area contributed by atoms with Gasteiger partial charge in [0, 0.05) is 25.4 Å². The monoisotopic (exact) mass is 514 g/mol. The second-order valence-corrected chi connectivity index (χ2v) is 10.0. The summed E-state index contributed by atoms with van der Waals surface area (Å²) >= 11 is 0. The number of benzene rings is 3. The summed E-state index contributed by atoms with van der Waals surface area (Å²) in [5.74, 6) is 1.27. The van der Waals surface area contributed by atoms with Crippen LogP contribution in [0.2, 0.25) is 0 Å². The molecule has 1 N–H and O–H groups in total. The zero-order chi connectivity index (χ0) is 26.9. The van der Waals surface area contributed by atoms with Crippen LogP contribution in [0.5, 0.6) is 11.5 Å². The molecule has 3 aromatic rings. The molecule has 0 radical (unpaired) electrons. The molecule has 0 aromatic heterocycles. The Balaban J connectivity index is 1.59. The highest BCUT2D eigenvalue weighted by molar-refractivity contribution is 5.88. The van der Waals surface area contributed by atoms with Gasteiger partial charge in [0.05, 0.1) is 0 Å². The molecule has 1 heterocycles. The SMILES string of the molecule is CC[C@H](C)NC(=O)[C@@H](Cc1ccccc1)N(Cc1ccc(C)cc1)C(=O)CCc1ccc2c(c1)OCCO2. The van der Waals surface area contributed by atoms with Crippen LogP contribution in [0.15, 0.2) is 72.8 Å². The summed E-state index contributed by atoms with van der Waals surface area (Å²) in [4.78, 5) is 29.2. The molecule has 0 saturated carbocycles. The lowest BCUT2D eigenvalue weighted by atomic mass is 10.0. The summed E-state index contributed by atoms with van der Waals surface area (Å²) in [7, 11) is 0. The van der Waals surface area contributed by atoms with Crippen LogP contribution in [0.1, 0.15) is 48.9 Å². The van der Waals surface area contributed by atoms with Gasteiger partial charge in [-0.2, -0.15) is 0 Å². The standard InChI is InChI=1S/C32H38N2O4/c1-4-24(3)33-32(36)28(20-25-8-6-5-7-9-25)34(22-27-12-10-23(2)11-13-27)31(35)17-15-26-14-16-29-30(21-26)38-19-18-37-29/h5-14,16,21,24,28H,4,15,17-20,22H2,1-3H3,(H,33,36)/t24-,28+/m0/s1. The first-order valence-electron chi connectivity index (χ1n) is 13.5. The van der Waals surface area contributed by atoms with Crippen molar-refractivity contribution >= 4 is 11.8 Å². The third-order valence-corrected chi connectivity index (χ3v) is 6.98. The molecule has 6 nitrogen and oxygen atoms in total. The number of hydrogen-bond donors (Lipinski definition) is 1. The summed E-state index contributed by atoms with van der Waals surface area (Å²) < 4.78 is 11.3. The van der Waals surface area contributed by atoms with Crippen molar-refractivity contribution < 1.29 is 19.1 Å². The molecule has 0 unspecified atom stereocenters. The first-order valence-corrected chi connectivity index (χ1v) is 13.5. The zero-order valence-corrected chi connectivity index (χ0v) is 22.6. The van der Waals surface area contributed by atoms with E-state index in [0.717, 1.165) is 34.4 Å². The highest BCUT2D eigenvalue weighted by Crippen LogP contribution is 2.31. The summed E-state index contributed by atoms with van der Waals surface area (Å²) in [5, 5.41) is 3.12. The quantitative estimate of drug-likeness (QED) is 0.379. The van der Waals surface area contributed by atoms with Crippen LogP contribution in [0, 0.1) is 6.92 Å². The van der Waals surface area contributed by atoms with Gasteiger partial charge in [-0.25, -0.2) is 0 Å². The van der Waals surface area contributed by atoms with Gasteiger partial charge in [0.25, 0.3) is 0 Å². The van der Waals surface area contributed by atoms with E-state index in [1.165, 1.54) is 0 Å². The third kappa shape index (κ3) is 7.37. The number of hydrogen-bond acceptors (Lipinski definition) is 4. The zero-order valence-electron chi connectivity index (χ0n) is 22.6. The van der Waals surface area contributed by atoms with Crippen LogP contribution in [-0.4, -0.2) is 42.0 Å². The Bertz CT molecular complexity index is 1210. The van der Waals surface area contributed by atoms with E-state index in [4.69, 9.17) is 9.47 Å². The molecule has 38 heavy (non-hydrogen) atoms. The Morgan fingerprint density at radius 2 is 1.58 bits per heavy atom. The molecule has 2 amide bonds. The molecular weight excluding hydrogens is 476 g/mol. The number of nitrogens with one attached hydrogen (secondary N) is 1. The van der Waals surface area contributed by atoms with Crippen LogP contribution >= 0.6 is 0 Å². The first kappa shape index (κ1) is 27.2. The van der Waals surface area contributed by atoms with Crippen molar-refractivity contribution in [3.8, 4) is 11.5 Å². The number of fused-ring (bicyclic) bond motifs is 1. The van der Waals surface area contributed by atoms with E-state index in [-0.39, 0.29) is 24.3 Å². The van der Waals surface area contributed by atoms with E-state index in [0.29, 0.717) is 38.3 Å². The third-order valence-electron chi connectivity index (χ3n) is 6.98. The Morgan fingerprint density at radius 1 is 0.895 bits per heavy atom. The maximum Gasteiger partial charge on any atom is 0.243 e. The molecule has 6 heteroatoms. The lowest BCUT2D eigenvalue weighted by molar-refractivity contribution is -0.141. The molecule has 3 aromatic carbocycles. The summed E-state index contributed by atoms with van der Waals surface area (Å²) in [6.45, 7) is 7.50. The van der Waals surface area contributed by atoms with Gasteiger partial charge >= 0.3 is 0 Å². The second kappa shape index (κ2) is 13.1. The lowest BCUT2D eigenvalue weighted by Crippen LogP contribution is -2.52. The summed E-state index contributed by atoms with van der Waals surface area (Å²) in [5.41, 5.74) is 4.17. The summed E-state index contributed by atoms with van der Waals surface area (Å²) in [6.07, 6.45) is 2.10. The molecule has 1 aliphatic rings. The fraction of sp³-hybridized carbons (Fsp3) is 0.375. The number of amides is 2. The van der Waals surface area contributed by atoms with Gasteiger partial charge in [-0.15, -0.1) is 0 Å². The van der Waals surface area contributed by atoms with Crippen molar-refractivity contribution in [1.82, 2.24) is 10.2 Å². The molecule has 2 atom stereocenters. The van der Waals surface area contributed by atoms with Gasteiger partial charge in [0.1, 0.15) is 19.3 Å². The predicted octanol–water partition coefficient (Wildman–Crippen LogP) is 5.25. The average Bonchev–Trinajstić information content (AvgIpc) is 2.94. The number of aryl methyl sites for hydroxylation is 2. The van der Waals surface area contributed by atoms with E-state index in [9.17, 15) is 9.59 Å². The molecule has 200 valence electrons. The van der Waals surface area contributed by atoms with Crippen LogP contribution in [-0.2, 0) is 29.0 Å². The molecule has 4 rings (SSSR count).